The van der Waals surface area contributed by atoms with Crippen molar-refractivity contribution in [2.24, 2.45) is 0 Å². The van der Waals surface area contributed by atoms with Crippen molar-refractivity contribution >= 4 is 6.29 Å². The molecule has 0 N–H and O–H groups in total. The molecule has 3 nitrogen and oxygen atoms in total. The summed E-state index contributed by atoms with van der Waals surface area (Å²) in [5.74, 6) is 0. The van der Waals surface area contributed by atoms with Gasteiger partial charge in [-0.3, -0.25) is 9.48 Å². The predicted octanol–water partition coefficient (Wildman–Crippen LogP) is 2.38. The van der Waals surface area contributed by atoms with Crippen LogP contribution in [0.25, 0.3) is 11.3 Å². The average Bonchev–Trinajstić information content (AvgIpc) is 2.72. The first-order chi connectivity index (χ1) is 7.36. The fraction of sp³-hybridized carbons (Fsp3) is 0.167. The SMILES string of the molecule is CCn1ncc(C=O)c1-c1ccccc1. The van der Waals surface area contributed by atoms with Gasteiger partial charge in [0.2, 0.25) is 0 Å². The summed E-state index contributed by atoms with van der Waals surface area (Å²) in [5, 5.41) is 4.17. The molecule has 0 bridgehead atoms. The highest BCUT2D eigenvalue weighted by atomic mass is 16.1. The van der Waals surface area contributed by atoms with Crippen molar-refractivity contribution in [2.45, 2.75) is 13.5 Å². The van der Waals surface area contributed by atoms with Crippen LogP contribution in [0.2, 0.25) is 0 Å². The molecule has 0 radical (unpaired) electrons. The molecule has 0 aliphatic carbocycles. The van der Waals surface area contributed by atoms with Crippen LogP contribution in [-0.4, -0.2) is 16.1 Å². The molecule has 0 aliphatic heterocycles. The number of aryl methyl sites for hydroxylation is 1. The second-order valence-electron chi connectivity index (χ2n) is 3.25. The van der Waals surface area contributed by atoms with Crippen LogP contribution < -0.4 is 0 Å². The number of carbonyl (C=O) groups excluding carboxylic acids is 1. The van der Waals surface area contributed by atoms with Gasteiger partial charge >= 0.3 is 0 Å². The number of nitrogens with zero attached hydrogens (tertiary/aromatic N) is 2. The predicted molar refractivity (Wildman–Crippen MR) is 58.7 cm³/mol. The highest BCUT2D eigenvalue weighted by molar-refractivity contribution is 5.85. The molecule has 0 unspecified atom stereocenters. The molecule has 0 aliphatic rings. The third kappa shape index (κ3) is 1.68. The third-order valence-corrected chi connectivity index (χ3v) is 2.34. The Morgan fingerprint density at radius 1 is 1.33 bits per heavy atom. The molecule has 0 amide bonds. The second-order valence-corrected chi connectivity index (χ2v) is 3.25. The zero-order valence-corrected chi connectivity index (χ0v) is 8.55. The maximum absolute atomic E-state index is 10.9. The summed E-state index contributed by atoms with van der Waals surface area (Å²) in [6, 6.07) is 9.83. The van der Waals surface area contributed by atoms with E-state index in [1.807, 2.05) is 41.9 Å². The molecule has 1 heterocycles. The van der Waals surface area contributed by atoms with Gasteiger partial charge in [-0.1, -0.05) is 30.3 Å². The topological polar surface area (TPSA) is 34.9 Å². The Hall–Kier alpha value is -1.90. The standard InChI is InChI=1S/C12H12N2O/c1-2-14-12(11(9-15)8-13-14)10-6-4-3-5-7-10/h3-9H,2H2,1H3. The van der Waals surface area contributed by atoms with Crippen LogP contribution in [0.5, 0.6) is 0 Å². The molecular weight excluding hydrogens is 188 g/mol. The smallest absolute Gasteiger partial charge is 0.153 e. The fourth-order valence-corrected chi connectivity index (χ4v) is 1.64. The Balaban J connectivity index is 2.59. The first-order valence-corrected chi connectivity index (χ1v) is 4.93. The van der Waals surface area contributed by atoms with Gasteiger partial charge in [-0.25, -0.2) is 0 Å². The van der Waals surface area contributed by atoms with Crippen molar-refractivity contribution in [1.82, 2.24) is 9.78 Å². The summed E-state index contributed by atoms with van der Waals surface area (Å²) in [6.45, 7) is 2.77. The summed E-state index contributed by atoms with van der Waals surface area (Å²) in [6.07, 6.45) is 2.46. The van der Waals surface area contributed by atoms with E-state index in [-0.39, 0.29) is 0 Å². The highest BCUT2D eigenvalue weighted by Gasteiger charge is 2.10. The third-order valence-electron chi connectivity index (χ3n) is 2.34. The Labute approximate surface area is 88.4 Å². The number of hydrogen-bond donors (Lipinski definition) is 0. The van der Waals surface area contributed by atoms with Gasteiger partial charge in [-0.05, 0) is 6.92 Å². The van der Waals surface area contributed by atoms with Crippen molar-refractivity contribution in [2.75, 3.05) is 0 Å². The molecule has 0 spiro atoms. The summed E-state index contributed by atoms with van der Waals surface area (Å²) >= 11 is 0. The van der Waals surface area contributed by atoms with Gasteiger partial charge < -0.3 is 0 Å². The van der Waals surface area contributed by atoms with Crippen molar-refractivity contribution in [3.63, 3.8) is 0 Å². The zero-order valence-electron chi connectivity index (χ0n) is 8.55. The lowest BCUT2D eigenvalue weighted by Crippen LogP contribution is -1.99. The van der Waals surface area contributed by atoms with E-state index in [1.165, 1.54) is 0 Å². The lowest BCUT2D eigenvalue weighted by atomic mass is 10.1. The largest absolute Gasteiger partial charge is 0.298 e. The summed E-state index contributed by atoms with van der Waals surface area (Å²) < 4.78 is 1.83. The molecule has 2 aromatic rings. The lowest BCUT2D eigenvalue weighted by molar-refractivity contribution is 0.112. The fourth-order valence-electron chi connectivity index (χ4n) is 1.64. The van der Waals surface area contributed by atoms with E-state index in [2.05, 4.69) is 5.10 Å². The zero-order chi connectivity index (χ0) is 10.7. The first kappa shape index (κ1) is 9.65. The minimum Gasteiger partial charge on any atom is -0.298 e. The van der Waals surface area contributed by atoms with Crippen LogP contribution in [0.1, 0.15) is 17.3 Å². The number of carbonyl (C=O) groups is 1. The molecule has 15 heavy (non-hydrogen) atoms. The van der Waals surface area contributed by atoms with Crippen LogP contribution in [0.4, 0.5) is 0 Å². The summed E-state index contributed by atoms with van der Waals surface area (Å²) in [4.78, 5) is 10.9. The minimum atomic E-state index is 0.642. The van der Waals surface area contributed by atoms with Gasteiger partial charge in [0.05, 0.1) is 17.5 Å². The maximum Gasteiger partial charge on any atom is 0.153 e. The molecule has 1 aromatic heterocycles. The van der Waals surface area contributed by atoms with E-state index in [1.54, 1.807) is 6.20 Å². The minimum absolute atomic E-state index is 0.642. The molecule has 0 saturated carbocycles. The van der Waals surface area contributed by atoms with Crippen molar-refractivity contribution in [3.8, 4) is 11.3 Å². The van der Waals surface area contributed by atoms with Gasteiger partial charge in [0.25, 0.3) is 0 Å². The molecule has 76 valence electrons. The van der Waals surface area contributed by atoms with Gasteiger partial charge in [0.1, 0.15) is 0 Å². The lowest BCUT2D eigenvalue weighted by Gasteiger charge is -2.05. The Bertz CT molecular complexity index is 460. The molecule has 1 aromatic carbocycles. The Kier molecular flexibility index (Phi) is 2.63. The van der Waals surface area contributed by atoms with E-state index < -0.39 is 0 Å². The van der Waals surface area contributed by atoms with Crippen molar-refractivity contribution < 1.29 is 4.79 Å². The number of rotatable bonds is 3. The van der Waals surface area contributed by atoms with E-state index in [4.69, 9.17) is 0 Å². The van der Waals surface area contributed by atoms with Gasteiger partial charge in [0.15, 0.2) is 6.29 Å². The molecule has 0 atom stereocenters. The van der Waals surface area contributed by atoms with Crippen LogP contribution >= 0.6 is 0 Å². The van der Waals surface area contributed by atoms with Crippen LogP contribution in [-0.2, 0) is 6.54 Å². The Morgan fingerprint density at radius 3 is 2.67 bits per heavy atom. The average molecular weight is 200 g/mol. The normalized spacial score (nSPS) is 10.2. The van der Waals surface area contributed by atoms with Crippen LogP contribution in [0.15, 0.2) is 36.5 Å². The van der Waals surface area contributed by atoms with E-state index >= 15 is 0 Å². The molecule has 0 saturated heterocycles. The van der Waals surface area contributed by atoms with E-state index in [0.29, 0.717) is 5.56 Å². The van der Waals surface area contributed by atoms with Gasteiger partial charge in [-0.2, -0.15) is 5.10 Å². The van der Waals surface area contributed by atoms with Crippen LogP contribution in [0, 0.1) is 0 Å². The highest BCUT2D eigenvalue weighted by Crippen LogP contribution is 2.21. The number of hydrogen-bond acceptors (Lipinski definition) is 2. The molecule has 2 rings (SSSR count). The monoisotopic (exact) mass is 200 g/mol. The molecular formula is C12H12N2O. The van der Waals surface area contributed by atoms with Crippen molar-refractivity contribution in [1.29, 1.82) is 0 Å². The number of aldehydes is 1. The quantitative estimate of drug-likeness (QED) is 0.713. The van der Waals surface area contributed by atoms with Crippen LogP contribution in [0.3, 0.4) is 0 Å². The summed E-state index contributed by atoms with van der Waals surface area (Å²) in [5.41, 5.74) is 2.56. The first-order valence-electron chi connectivity index (χ1n) is 4.93. The van der Waals surface area contributed by atoms with Gasteiger partial charge in [0, 0.05) is 12.1 Å². The van der Waals surface area contributed by atoms with E-state index in [9.17, 15) is 4.79 Å². The molecule has 3 heteroatoms. The maximum atomic E-state index is 10.9. The number of aromatic nitrogens is 2. The van der Waals surface area contributed by atoms with E-state index in [0.717, 1.165) is 24.1 Å². The van der Waals surface area contributed by atoms with Gasteiger partial charge in [-0.15, -0.1) is 0 Å². The second kappa shape index (κ2) is 4.09. The number of benzene rings is 1. The Morgan fingerprint density at radius 2 is 2.07 bits per heavy atom. The molecule has 0 fully saturated rings. The van der Waals surface area contributed by atoms with Crippen molar-refractivity contribution in [3.05, 3.63) is 42.1 Å². The summed E-state index contributed by atoms with van der Waals surface area (Å²) in [7, 11) is 0.